The first-order valence-electron chi connectivity index (χ1n) is 9.18. The Morgan fingerprint density at radius 1 is 1.00 bits per heavy atom. The van der Waals surface area contributed by atoms with Crippen LogP contribution in [0.3, 0.4) is 0 Å². The zero-order valence-electron chi connectivity index (χ0n) is 15.6. The Morgan fingerprint density at radius 3 is 2.11 bits per heavy atom. The number of benzene rings is 1. The Hall–Kier alpha value is -2.51. The van der Waals surface area contributed by atoms with Crippen LogP contribution in [0.25, 0.3) is 0 Å². The minimum atomic E-state index is -0.919. The van der Waals surface area contributed by atoms with E-state index in [0.717, 1.165) is 44.2 Å². The lowest BCUT2D eigenvalue weighted by atomic mass is 10.1. The first-order chi connectivity index (χ1) is 12.9. The average molecular weight is 383 g/mol. The number of rotatable bonds is 13. The van der Waals surface area contributed by atoms with Crippen molar-refractivity contribution in [2.75, 3.05) is 6.61 Å². The van der Waals surface area contributed by atoms with E-state index in [4.69, 9.17) is 9.47 Å². The van der Waals surface area contributed by atoms with E-state index < -0.39 is 16.4 Å². The molecule has 0 bridgehead atoms. The third-order valence-corrected chi connectivity index (χ3v) is 3.92. The van der Waals surface area contributed by atoms with Gasteiger partial charge in [0.25, 0.3) is 0 Å². The van der Waals surface area contributed by atoms with Crippen molar-refractivity contribution in [3.63, 3.8) is 0 Å². The van der Waals surface area contributed by atoms with E-state index in [-0.39, 0.29) is 25.0 Å². The second-order valence-corrected chi connectivity index (χ2v) is 6.13. The number of nitro groups is 1. The van der Waals surface area contributed by atoms with Crippen molar-refractivity contribution in [2.24, 2.45) is 0 Å². The largest absolute Gasteiger partial charge is 0.466 e. The number of ether oxygens (including phenoxy) is 2. The van der Waals surface area contributed by atoms with Gasteiger partial charge in [-0.15, -0.1) is 0 Å². The monoisotopic (exact) mass is 383 g/mol. The number of halogens is 1. The van der Waals surface area contributed by atoms with Gasteiger partial charge in [-0.25, -0.2) is 0 Å². The molecule has 0 amide bonds. The fourth-order valence-corrected chi connectivity index (χ4v) is 2.50. The summed E-state index contributed by atoms with van der Waals surface area (Å²) in [6.07, 6.45) is 6.02. The molecule has 0 saturated carbocycles. The van der Waals surface area contributed by atoms with Crippen LogP contribution in [0.15, 0.2) is 18.2 Å². The summed E-state index contributed by atoms with van der Waals surface area (Å²) < 4.78 is 23.1. The van der Waals surface area contributed by atoms with Gasteiger partial charge in [-0.2, -0.15) is 4.39 Å². The molecule has 8 heteroatoms. The third-order valence-electron chi connectivity index (χ3n) is 3.92. The van der Waals surface area contributed by atoms with Crippen molar-refractivity contribution >= 4 is 17.6 Å². The number of esters is 2. The summed E-state index contributed by atoms with van der Waals surface area (Å²) in [6, 6.07) is 3.41. The molecule has 7 nitrogen and oxygen atoms in total. The van der Waals surface area contributed by atoms with E-state index in [1.54, 1.807) is 6.92 Å². The van der Waals surface area contributed by atoms with Crippen LogP contribution in [0.1, 0.15) is 63.9 Å². The minimum absolute atomic E-state index is 0.117. The molecule has 0 aliphatic carbocycles. The summed E-state index contributed by atoms with van der Waals surface area (Å²) in [5.74, 6) is -1.46. The summed E-state index contributed by atoms with van der Waals surface area (Å²) >= 11 is 0. The predicted octanol–water partition coefficient (Wildman–Crippen LogP) is 4.46. The molecule has 0 fully saturated rings. The van der Waals surface area contributed by atoms with Gasteiger partial charge in [0.2, 0.25) is 5.82 Å². The number of hydrogen-bond donors (Lipinski definition) is 0. The highest BCUT2D eigenvalue weighted by Crippen LogP contribution is 2.19. The summed E-state index contributed by atoms with van der Waals surface area (Å²) in [5, 5.41) is 10.7. The Balaban J connectivity index is 2.10. The number of nitrogens with zero attached hydrogens (tertiary/aromatic N) is 1. The van der Waals surface area contributed by atoms with E-state index in [0.29, 0.717) is 25.0 Å². The zero-order valence-corrected chi connectivity index (χ0v) is 15.6. The minimum Gasteiger partial charge on any atom is -0.466 e. The Morgan fingerprint density at radius 2 is 1.56 bits per heavy atom. The fourth-order valence-electron chi connectivity index (χ4n) is 2.50. The molecule has 0 saturated heterocycles. The van der Waals surface area contributed by atoms with Crippen LogP contribution in [-0.4, -0.2) is 23.5 Å². The second kappa shape index (κ2) is 12.8. The highest BCUT2D eigenvalue weighted by atomic mass is 19.1. The number of hydrogen-bond acceptors (Lipinski definition) is 6. The van der Waals surface area contributed by atoms with Crippen molar-refractivity contribution in [2.45, 2.75) is 64.9 Å². The van der Waals surface area contributed by atoms with Crippen LogP contribution in [0.5, 0.6) is 0 Å². The first-order valence-corrected chi connectivity index (χ1v) is 9.18. The van der Waals surface area contributed by atoms with Crippen LogP contribution in [-0.2, 0) is 25.7 Å². The van der Waals surface area contributed by atoms with Gasteiger partial charge >= 0.3 is 17.6 Å². The lowest BCUT2D eigenvalue weighted by Gasteiger charge is -2.06. The first kappa shape index (κ1) is 22.5. The normalized spacial score (nSPS) is 10.4. The molecule has 0 radical (unpaired) electrons. The summed E-state index contributed by atoms with van der Waals surface area (Å²) in [6.45, 7) is 2.08. The highest BCUT2D eigenvalue weighted by molar-refractivity contribution is 5.69. The molecule has 0 heterocycles. The zero-order chi connectivity index (χ0) is 20.1. The van der Waals surface area contributed by atoms with Gasteiger partial charge in [0.1, 0.15) is 6.61 Å². The average Bonchev–Trinajstić information content (AvgIpc) is 2.63. The molecule has 1 aromatic carbocycles. The Kier molecular flexibility index (Phi) is 10.7. The van der Waals surface area contributed by atoms with Crippen LogP contribution in [0.4, 0.5) is 10.1 Å². The third kappa shape index (κ3) is 9.67. The molecule has 0 atom stereocenters. The second-order valence-electron chi connectivity index (χ2n) is 6.13. The lowest BCUT2D eigenvalue weighted by Crippen LogP contribution is -2.05. The van der Waals surface area contributed by atoms with Crippen molar-refractivity contribution in [3.05, 3.63) is 39.7 Å². The van der Waals surface area contributed by atoms with Crippen molar-refractivity contribution < 1.29 is 28.4 Å². The van der Waals surface area contributed by atoms with Crippen LogP contribution in [0.2, 0.25) is 0 Å². The number of nitro benzene ring substituents is 1. The quantitative estimate of drug-likeness (QED) is 0.216. The lowest BCUT2D eigenvalue weighted by molar-refractivity contribution is -0.387. The number of unbranched alkanes of at least 4 members (excludes halogenated alkanes) is 5. The summed E-state index contributed by atoms with van der Waals surface area (Å²) in [4.78, 5) is 32.7. The molecule has 27 heavy (non-hydrogen) atoms. The molecule has 0 aliphatic rings. The van der Waals surface area contributed by atoms with Crippen LogP contribution in [0, 0.1) is 15.9 Å². The fraction of sp³-hybridized carbons (Fsp3) is 0.579. The van der Waals surface area contributed by atoms with Crippen molar-refractivity contribution in [3.8, 4) is 0 Å². The standard InChI is InChI=1S/C19H26FNO6/c1-2-26-18(22)9-7-5-3-4-6-8-10-19(23)27-14-15-11-12-16(20)17(13-15)21(24)25/h11-13H,2-10,14H2,1H3. The molecule has 0 aliphatic heterocycles. The van der Waals surface area contributed by atoms with Gasteiger partial charge in [-0.05, 0) is 31.4 Å². The summed E-state index contributed by atoms with van der Waals surface area (Å²) in [5.41, 5.74) is -0.260. The number of carbonyl (C=O) groups is 2. The topological polar surface area (TPSA) is 95.7 Å². The van der Waals surface area contributed by atoms with Crippen LogP contribution < -0.4 is 0 Å². The summed E-state index contributed by atoms with van der Waals surface area (Å²) in [7, 11) is 0. The van der Waals surface area contributed by atoms with Gasteiger partial charge in [-0.1, -0.05) is 31.7 Å². The van der Waals surface area contributed by atoms with E-state index in [1.807, 2.05) is 0 Å². The molecule has 1 rings (SSSR count). The van der Waals surface area contributed by atoms with E-state index in [9.17, 15) is 24.1 Å². The van der Waals surface area contributed by atoms with Gasteiger partial charge in [0.05, 0.1) is 11.5 Å². The highest BCUT2D eigenvalue weighted by Gasteiger charge is 2.15. The molecule has 1 aromatic rings. The van der Waals surface area contributed by atoms with Crippen LogP contribution >= 0.6 is 0 Å². The predicted molar refractivity (Wildman–Crippen MR) is 96.4 cm³/mol. The Bertz CT molecular complexity index is 635. The van der Waals surface area contributed by atoms with E-state index >= 15 is 0 Å². The van der Waals surface area contributed by atoms with Gasteiger partial charge in [-0.3, -0.25) is 19.7 Å². The smallest absolute Gasteiger partial charge is 0.306 e. The van der Waals surface area contributed by atoms with E-state index in [2.05, 4.69) is 0 Å². The molecular weight excluding hydrogens is 357 g/mol. The van der Waals surface area contributed by atoms with Gasteiger partial charge < -0.3 is 9.47 Å². The van der Waals surface area contributed by atoms with Gasteiger partial charge in [0.15, 0.2) is 0 Å². The van der Waals surface area contributed by atoms with Crippen molar-refractivity contribution in [1.82, 2.24) is 0 Å². The maximum absolute atomic E-state index is 13.2. The van der Waals surface area contributed by atoms with Gasteiger partial charge in [0, 0.05) is 18.9 Å². The maximum Gasteiger partial charge on any atom is 0.306 e. The van der Waals surface area contributed by atoms with E-state index in [1.165, 1.54) is 6.07 Å². The molecule has 150 valence electrons. The molecule has 0 N–H and O–H groups in total. The van der Waals surface area contributed by atoms with Crippen molar-refractivity contribution in [1.29, 1.82) is 0 Å². The number of carbonyl (C=O) groups excluding carboxylic acids is 2. The molecule has 0 unspecified atom stereocenters. The molecular formula is C19H26FNO6. The maximum atomic E-state index is 13.2. The Labute approximate surface area is 158 Å². The molecule has 0 spiro atoms. The molecule has 0 aromatic heterocycles. The SMILES string of the molecule is CCOC(=O)CCCCCCCCC(=O)OCc1ccc(F)c([N+](=O)[O-])c1.